The molecule has 0 atom stereocenters. The van der Waals surface area contributed by atoms with Crippen molar-refractivity contribution in [3.05, 3.63) is 59.0 Å². The van der Waals surface area contributed by atoms with Crippen LogP contribution < -0.4 is 4.67 Å². The fraction of sp³-hybridized carbons (Fsp3) is 0. The maximum Gasteiger partial charge on any atom is 0.182 e. The summed E-state index contributed by atoms with van der Waals surface area (Å²) in [7, 11) is 0. The largest absolute Gasteiger partial charge is 0.410 e. The van der Waals surface area contributed by atoms with Gasteiger partial charge in [-0.1, -0.05) is 17.3 Å². The summed E-state index contributed by atoms with van der Waals surface area (Å²) in [4.78, 5) is 4.48. The van der Waals surface area contributed by atoms with Crippen LogP contribution in [0.2, 0.25) is 0 Å². The van der Waals surface area contributed by atoms with Crippen LogP contribution in [0.4, 0.5) is 4.39 Å². The Labute approximate surface area is 112 Å². The van der Waals surface area contributed by atoms with Crippen LogP contribution in [-0.2, 0) is 0 Å². The average Bonchev–Trinajstić information content (AvgIpc) is 2.46. The van der Waals surface area contributed by atoms with Gasteiger partial charge < -0.3 is 5.21 Å². The minimum absolute atomic E-state index is 0.310. The molecule has 0 fully saturated rings. The lowest BCUT2D eigenvalue weighted by Gasteiger charge is -2.03. The van der Waals surface area contributed by atoms with E-state index in [9.17, 15) is 4.39 Å². The summed E-state index contributed by atoms with van der Waals surface area (Å²) < 4.78 is 14.3. The van der Waals surface area contributed by atoms with E-state index in [0.717, 1.165) is 15.8 Å². The van der Waals surface area contributed by atoms with Gasteiger partial charge in [-0.2, -0.15) is 0 Å². The molecule has 0 saturated carbocycles. The maximum absolute atomic E-state index is 12.9. The number of rotatable bonds is 1. The van der Waals surface area contributed by atoms with Crippen molar-refractivity contribution in [1.82, 2.24) is 4.98 Å². The molecular formula is C14H9FN2OS. The fourth-order valence-corrected chi connectivity index (χ4v) is 2.69. The highest BCUT2D eigenvalue weighted by Gasteiger charge is 2.07. The molecule has 0 amide bonds. The zero-order chi connectivity index (χ0) is 13.2. The van der Waals surface area contributed by atoms with Gasteiger partial charge in [0, 0.05) is 5.56 Å². The van der Waals surface area contributed by atoms with E-state index in [-0.39, 0.29) is 5.82 Å². The van der Waals surface area contributed by atoms with Crippen molar-refractivity contribution < 1.29 is 9.60 Å². The molecule has 0 unspecified atom stereocenters. The van der Waals surface area contributed by atoms with Gasteiger partial charge in [0.2, 0.25) is 0 Å². The number of hydrogen-bond acceptors (Lipinski definition) is 4. The number of fused-ring (bicyclic) bond motifs is 1. The molecular weight excluding hydrogens is 263 g/mol. The molecule has 1 N–H and O–H groups in total. The van der Waals surface area contributed by atoms with Gasteiger partial charge in [-0.25, -0.2) is 9.37 Å². The lowest BCUT2D eigenvalue weighted by Crippen LogP contribution is -2.05. The van der Waals surface area contributed by atoms with Crippen molar-refractivity contribution in [3.63, 3.8) is 0 Å². The fourth-order valence-electron chi connectivity index (χ4n) is 1.82. The van der Waals surface area contributed by atoms with E-state index >= 15 is 0 Å². The summed E-state index contributed by atoms with van der Waals surface area (Å²) >= 11 is 1.34. The summed E-state index contributed by atoms with van der Waals surface area (Å²) in [6.45, 7) is 0. The molecule has 0 bridgehead atoms. The first-order chi connectivity index (χ1) is 9.28. The quantitative estimate of drug-likeness (QED) is 0.545. The Hall–Kier alpha value is -2.27. The molecule has 0 aliphatic rings. The van der Waals surface area contributed by atoms with E-state index in [4.69, 9.17) is 5.21 Å². The molecule has 2 aromatic carbocycles. The lowest BCUT2D eigenvalue weighted by atomic mass is 10.1. The number of nitrogens with zero attached hydrogens (tertiary/aromatic N) is 2. The smallest absolute Gasteiger partial charge is 0.182 e. The van der Waals surface area contributed by atoms with Crippen LogP contribution in [0.1, 0.15) is 0 Å². The number of para-hydroxylation sites is 1. The van der Waals surface area contributed by atoms with E-state index in [1.165, 1.54) is 23.5 Å². The van der Waals surface area contributed by atoms with E-state index in [2.05, 4.69) is 10.1 Å². The minimum Gasteiger partial charge on any atom is -0.410 e. The third-order valence-corrected chi connectivity index (χ3v) is 3.75. The highest BCUT2D eigenvalue weighted by atomic mass is 32.1. The molecule has 1 aromatic heterocycles. The maximum atomic E-state index is 12.9. The summed E-state index contributed by atoms with van der Waals surface area (Å²) in [5.41, 5.74) is 2.08. The Morgan fingerprint density at radius 1 is 1.05 bits per heavy atom. The molecule has 3 aromatic rings. The van der Waals surface area contributed by atoms with E-state index in [1.807, 2.05) is 24.3 Å². The van der Waals surface area contributed by atoms with Crippen molar-refractivity contribution in [2.24, 2.45) is 5.16 Å². The third kappa shape index (κ3) is 2.20. The third-order valence-electron chi connectivity index (χ3n) is 2.72. The molecule has 3 rings (SSSR count). The predicted molar refractivity (Wildman–Crippen MR) is 72.4 cm³/mol. The second kappa shape index (κ2) is 4.78. The van der Waals surface area contributed by atoms with Crippen LogP contribution in [-0.4, -0.2) is 10.2 Å². The molecule has 1 heterocycles. The first kappa shape index (κ1) is 11.8. The molecule has 0 spiro atoms. The average molecular weight is 272 g/mol. The Morgan fingerprint density at radius 3 is 2.53 bits per heavy atom. The van der Waals surface area contributed by atoms with E-state index < -0.39 is 0 Å². The topological polar surface area (TPSA) is 45.5 Å². The van der Waals surface area contributed by atoms with Crippen molar-refractivity contribution in [1.29, 1.82) is 0 Å². The number of aromatic nitrogens is 1. The molecule has 0 saturated heterocycles. The lowest BCUT2D eigenvalue weighted by molar-refractivity contribution is 0.304. The normalized spacial score (nSPS) is 11.9. The summed E-state index contributed by atoms with van der Waals surface area (Å²) in [5, 5.41) is 12.4. The van der Waals surface area contributed by atoms with Crippen molar-refractivity contribution in [2.45, 2.75) is 0 Å². The van der Waals surface area contributed by atoms with Gasteiger partial charge in [0.05, 0.1) is 10.2 Å². The van der Waals surface area contributed by atoms with Crippen LogP contribution in [0.3, 0.4) is 0 Å². The molecule has 0 radical (unpaired) electrons. The van der Waals surface area contributed by atoms with Crippen LogP contribution >= 0.6 is 11.3 Å². The molecule has 19 heavy (non-hydrogen) atoms. The Kier molecular flexibility index (Phi) is 2.97. The van der Waals surface area contributed by atoms with Gasteiger partial charge in [-0.05, 0) is 36.4 Å². The zero-order valence-electron chi connectivity index (χ0n) is 9.75. The first-order valence-electron chi connectivity index (χ1n) is 5.62. The molecule has 0 aliphatic carbocycles. The Balaban J connectivity index is 2.30. The second-order valence-electron chi connectivity index (χ2n) is 3.94. The van der Waals surface area contributed by atoms with Gasteiger partial charge in [-0.3, -0.25) is 0 Å². The molecule has 3 nitrogen and oxygen atoms in total. The summed E-state index contributed by atoms with van der Waals surface area (Å²) in [6, 6.07) is 13.6. The summed E-state index contributed by atoms with van der Waals surface area (Å²) in [6.07, 6.45) is 0. The number of benzene rings is 2. The van der Waals surface area contributed by atoms with Crippen molar-refractivity contribution >= 4 is 21.6 Å². The zero-order valence-corrected chi connectivity index (χ0v) is 10.6. The highest BCUT2D eigenvalue weighted by Crippen LogP contribution is 2.20. The molecule has 5 heteroatoms. The van der Waals surface area contributed by atoms with Crippen LogP contribution in [0.25, 0.3) is 21.5 Å². The monoisotopic (exact) mass is 272 g/mol. The van der Waals surface area contributed by atoms with Gasteiger partial charge >= 0.3 is 0 Å². The predicted octanol–water partition coefficient (Wildman–Crippen LogP) is 3.39. The van der Waals surface area contributed by atoms with Crippen LogP contribution in [0, 0.1) is 5.82 Å². The number of halogens is 1. The second-order valence-corrected chi connectivity index (χ2v) is 4.97. The summed E-state index contributed by atoms with van der Waals surface area (Å²) in [5.74, 6) is -0.310. The van der Waals surface area contributed by atoms with Gasteiger partial charge in [0.15, 0.2) is 4.67 Å². The SMILES string of the molecule is O/N=c1\sc2ccccc2nc1-c1ccc(F)cc1. The Morgan fingerprint density at radius 2 is 1.79 bits per heavy atom. The van der Waals surface area contributed by atoms with E-state index in [0.29, 0.717) is 10.4 Å². The van der Waals surface area contributed by atoms with Crippen LogP contribution in [0.5, 0.6) is 0 Å². The van der Waals surface area contributed by atoms with Crippen molar-refractivity contribution in [3.8, 4) is 11.3 Å². The number of hydrogen-bond donors (Lipinski definition) is 1. The highest BCUT2D eigenvalue weighted by molar-refractivity contribution is 7.16. The molecule has 0 aliphatic heterocycles. The van der Waals surface area contributed by atoms with Gasteiger partial charge in [0.1, 0.15) is 11.5 Å². The van der Waals surface area contributed by atoms with E-state index in [1.54, 1.807) is 12.1 Å². The first-order valence-corrected chi connectivity index (χ1v) is 6.43. The standard InChI is InChI=1S/C14H9FN2OS/c15-10-7-5-9(6-8-10)13-14(17-18)19-12-4-2-1-3-11(12)16-13/h1-8,18H/b17-14-. The molecule has 94 valence electrons. The van der Waals surface area contributed by atoms with Crippen molar-refractivity contribution in [2.75, 3.05) is 0 Å². The van der Waals surface area contributed by atoms with Gasteiger partial charge in [-0.15, -0.1) is 11.3 Å². The Bertz CT molecular complexity index is 796. The minimum atomic E-state index is -0.310. The van der Waals surface area contributed by atoms with Gasteiger partial charge in [0.25, 0.3) is 0 Å². The van der Waals surface area contributed by atoms with Crippen LogP contribution in [0.15, 0.2) is 53.7 Å².